The van der Waals surface area contributed by atoms with Crippen molar-refractivity contribution < 1.29 is 4.79 Å². The molecule has 0 aromatic rings. The van der Waals surface area contributed by atoms with E-state index in [1.165, 1.54) is 77.3 Å². The maximum absolute atomic E-state index is 13.7. The summed E-state index contributed by atoms with van der Waals surface area (Å²) in [6.07, 6.45) is 22.6. The van der Waals surface area contributed by atoms with Crippen LogP contribution in [-0.2, 0) is 4.79 Å². The van der Waals surface area contributed by atoms with Crippen LogP contribution in [0.25, 0.3) is 0 Å². The Hall–Kier alpha value is -1.51. The van der Waals surface area contributed by atoms with Crippen LogP contribution < -0.4 is 0 Å². The number of piperidine rings is 2. The Morgan fingerprint density at radius 3 is 2.39 bits per heavy atom. The van der Waals surface area contributed by atoms with Gasteiger partial charge in [-0.1, -0.05) is 19.9 Å². The van der Waals surface area contributed by atoms with Crippen molar-refractivity contribution in [2.45, 2.75) is 90.9 Å². The number of carbonyl (C=O) groups excluding carboxylic acids is 1. The highest BCUT2D eigenvalue weighted by Gasteiger charge is 2.59. The molecule has 0 bridgehead atoms. The minimum Gasteiger partial charge on any atom is -0.377 e. The standard InChI is InChI=1S/C30H44N2O/c1-29-13-11-24(32-17-7-4-8-18-32)20-23(29)9-10-25-26(29)12-14-30(2)27(25)19-22(28(30)33)21-31-15-5-3-6-16-31/h9,20-21,25-27H,3-8,10-19H2,1-2H3. The van der Waals surface area contributed by atoms with Gasteiger partial charge in [0.2, 0.25) is 0 Å². The second kappa shape index (κ2) is 8.31. The summed E-state index contributed by atoms with van der Waals surface area (Å²) in [7, 11) is 0. The molecule has 0 spiro atoms. The van der Waals surface area contributed by atoms with Gasteiger partial charge in [-0.05, 0) is 112 Å². The van der Waals surface area contributed by atoms with Gasteiger partial charge in [-0.3, -0.25) is 4.79 Å². The molecule has 6 aliphatic rings. The Morgan fingerprint density at radius 2 is 1.64 bits per heavy atom. The van der Waals surface area contributed by atoms with E-state index in [2.05, 4.69) is 42.0 Å². The summed E-state index contributed by atoms with van der Waals surface area (Å²) in [6.45, 7) is 9.69. The van der Waals surface area contributed by atoms with Crippen molar-refractivity contribution in [2.75, 3.05) is 26.2 Å². The lowest BCUT2D eigenvalue weighted by Gasteiger charge is -2.56. The summed E-state index contributed by atoms with van der Waals surface area (Å²) < 4.78 is 0. The van der Waals surface area contributed by atoms with Gasteiger partial charge in [0.15, 0.2) is 5.78 Å². The molecule has 0 radical (unpaired) electrons. The van der Waals surface area contributed by atoms with Crippen molar-refractivity contribution in [1.29, 1.82) is 0 Å². The van der Waals surface area contributed by atoms with Crippen molar-refractivity contribution in [3.05, 3.63) is 35.2 Å². The molecule has 4 fully saturated rings. The highest BCUT2D eigenvalue weighted by atomic mass is 16.1. The summed E-state index contributed by atoms with van der Waals surface area (Å²) in [5.41, 5.74) is 4.59. The SMILES string of the molecule is CC12CCC3C(CC=C4C=C(N5CCCCC5)CCC43C)C1CC(=CN1CCCCC1)C2=O. The highest BCUT2D eigenvalue weighted by Crippen LogP contribution is 2.64. The Labute approximate surface area is 201 Å². The molecule has 0 aromatic carbocycles. The average molecular weight is 449 g/mol. The Kier molecular flexibility index (Phi) is 5.54. The summed E-state index contributed by atoms with van der Waals surface area (Å²) >= 11 is 0. The smallest absolute Gasteiger partial charge is 0.166 e. The van der Waals surface area contributed by atoms with Crippen molar-refractivity contribution in [2.24, 2.45) is 28.6 Å². The molecular formula is C30H44N2O. The van der Waals surface area contributed by atoms with E-state index in [0.717, 1.165) is 37.4 Å². The predicted molar refractivity (Wildman–Crippen MR) is 134 cm³/mol. The van der Waals surface area contributed by atoms with Crippen molar-refractivity contribution >= 4 is 5.78 Å². The molecule has 6 rings (SSSR count). The predicted octanol–water partition coefficient (Wildman–Crippen LogP) is 6.48. The second-order valence-corrected chi connectivity index (χ2v) is 12.6. The number of likely N-dealkylation sites (tertiary alicyclic amines) is 2. The van der Waals surface area contributed by atoms with Gasteiger partial charge in [0, 0.05) is 49.1 Å². The third-order valence-corrected chi connectivity index (χ3v) is 10.9. The number of hydrogen-bond acceptors (Lipinski definition) is 3. The number of Topliss-reactive ketones (excluding diaryl/α,β-unsaturated/α-hetero) is 1. The zero-order valence-corrected chi connectivity index (χ0v) is 21.1. The molecule has 0 aromatic heterocycles. The number of ketones is 1. The average Bonchev–Trinajstić information content (AvgIpc) is 3.10. The highest BCUT2D eigenvalue weighted by molar-refractivity contribution is 6.02. The number of carbonyl (C=O) groups is 1. The molecule has 2 saturated heterocycles. The van der Waals surface area contributed by atoms with E-state index in [9.17, 15) is 4.79 Å². The molecule has 2 aliphatic heterocycles. The molecule has 2 heterocycles. The van der Waals surface area contributed by atoms with Crippen LogP contribution in [0.1, 0.15) is 90.9 Å². The summed E-state index contributed by atoms with van der Waals surface area (Å²) in [5.74, 6) is 2.46. The lowest BCUT2D eigenvalue weighted by atomic mass is 9.48. The molecule has 2 saturated carbocycles. The molecule has 3 nitrogen and oxygen atoms in total. The van der Waals surface area contributed by atoms with Crippen LogP contribution in [0.5, 0.6) is 0 Å². The molecule has 33 heavy (non-hydrogen) atoms. The van der Waals surface area contributed by atoms with Crippen LogP contribution in [-0.4, -0.2) is 41.8 Å². The van der Waals surface area contributed by atoms with Gasteiger partial charge >= 0.3 is 0 Å². The van der Waals surface area contributed by atoms with Gasteiger partial charge in [-0.2, -0.15) is 0 Å². The van der Waals surface area contributed by atoms with E-state index in [1.54, 1.807) is 11.3 Å². The number of hydrogen-bond donors (Lipinski definition) is 0. The Bertz CT molecular complexity index is 887. The van der Waals surface area contributed by atoms with E-state index in [0.29, 0.717) is 23.0 Å². The summed E-state index contributed by atoms with van der Waals surface area (Å²) in [6, 6.07) is 0. The molecule has 0 amide bonds. The topological polar surface area (TPSA) is 23.6 Å². The molecule has 3 heteroatoms. The third kappa shape index (κ3) is 3.55. The summed E-state index contributed by atoms with van der Waals surface area (Å²) in [4.78, 5) is 18.8. The molecular weight excluding hydrogens is 404 g/mol. The maximum atomic E-state index is 13.7. The lowest BCUT2D eigenvalue weighted by molar-refractivity contribution is -0.129. The Balaban J connectivity index is 1.26. The molecule has 0 N–H and O–H groups in total. The summed E-state index contributed by atoms with van der Waals surface area (Å²) in [5, 5.41) is 0. The Morgan fingerprint density at radius 1 is 0.909 bits per heavy atom. The van der Waals surface area contributed by atoms with Crippen LogP contribution in [0.3, 0.4) is 0 Å². The first kappa shape index (κ1) is 22.0. The minimum absolute atomic E-state index is 0.117. The maximum Gasteiger partial charge on any atom is 0.166 e. The van der Waals surface area contributed by atoms with Crippen molar-refractivity contribution in [3.8, 4) is 0 Å². The largest absolute Gasteiger partial charge is 0.377 e. The fraction of sp³-hybridized carbons (Fsp3) is 0.767. The first-order valence-electron chi connectivity index (χ1n) is 14.1. The second-order valence-electron chi connectivity index (χ2n) is 12.6. The van der Waals surface area contributed by atoms with Crippen LogP contribution in [0, 0.1) is 28.6 Å². The number of allylic oxidation sites excluding steroid dienone is 5. The van der Waals surface area contributed by atoms with E-state index in [4.69, 9.17) is 0 Å². The molecule has 5 atom stereocenters. The van der Waals surface area contributed by atoms with Crippen LogP contribution >= 0.6 is 0 Å². The van der Waals surface area contributed by atoms with Gasteiger partial charge in [0.1, 0.15) is 0 Å². The first-order valence-corrected chi connectivity index (χ1v) is 14.1. The van der Waals surface area contributed by atoms with Gasteiger partial charge in [0.25, 0.3) is 0 Å². The van der Waals surface area contributed by atoms with E-state index in [1.807, 2.05) is 0 Å². The van der Waals surface area contributed by atoms with Crippen LogP contribution in [0.2, 0.25) is 0 Å². The molecule has 180 valence electrons. The zero-order valence-electron chi connectivity index (χ0n) is 21.1. The fourth-order valence-corrected chi connectivity index (χ4v) is 8.80. The fourth-order valence-electron chi connectivity index (χ4n) is 8.80. The number of nitrogens with zero attached hydrogens (tertiary/aromatic N) is 2. The first-order chi connectivity index (χ1) is 16.0. The van der Waals surface area contributed by atoms with E-state index < -0.39 is 0 Å². The quantitative estimate of drug-likeness (QED) is 0.452. The number of fused-ring (bicyclic) bond motifs is 5. The monoisotopic (exact) mass is 448 g/mol. The van der Waals surface area contributed by atoms with Gasteiger partial charge < -0.3 is 9.80 Å². The third-order valence-electron chi connectivity index (χ3n) is 10.9. The van der Waals surface area contributed by atoms with Gasteiger partial charge in [0.05, 0.1) is 0 Å². The van der Waals surface area contributed by atoms with Crippen molar-refractivity contribution in [1.82, 2.24) is 9.80 Å². The van der Waals surface area contributed by atoms with Gasteiger partial charge in [-0.25, -0.2) is 0 Å². The lowest BCUT2D eigenvalue weighted by Crippen LogP contribution is -2.49. The van der Waals surface area contributed by atoms with Crippen LogP contribution in [0.4, 0.5) is 0 Å². The minimum atomic E-state index is -0.117. The van der Waals surface area contributed by atoms with E-state index in [-0.39, 0.29) is 5.41 Å². The zero-order chi connectivity index (χ0) is 22.6. The van der Waals surface area contributed by atoms with Gasteiger partial charge in [-0.15, -0.1) is 0 Å². The van der Waals surface area contributed by atoms with Crippen molar-refractivity contribution in [3.63, 3.8) is 0 Å². The number of rotatable bonds is 2. The normalized spacial score (nSPS) is 42.4. The molecule has 5 unspecified atom stereocenters. The van der Waals surface area contributed by atoms with Crippen LogP contribution in [0.15, 0.2) is 35.2 Å². The van der Waals surface area contributed by atoms with E-state index >= 15 is 0 Å². The molecule has 4 aliphatic carbocycles.